The lowest BCUT2D eigenvalue weighted by molar-refractivity contribution is -0.120. The van der Waals surface area contributed by atoms with Crippen LogP contribution in [0.15, 0.2) is 53.4 Å². The predicted molar refractivity (Wildman–Crippen MR) is 113 cm³/mol. The molecule has 2 aromatic rings. The quantitative estimate of drug-likeness (QED) is 0.679. The first-order valence-corrected chi connectivity index (χ1v) is 9.83. The first kappa shape index (κ1) is 20.6. The van der Waals surface area contributed by atoms with Gasteiger partial charge in [0.05, 0.1) is 29.9 Å². The number of hydrogen-bond acceptors (Lipinski definition) is 6. The molecule has 0 aromatic heterocycles. The number of carbonyl (C=O) groups excluding carboxylic acids is 3. The number of nitrogens with one attached hydrogen (secondary N) is 1. The number of rotatable bonds is 7. The van der Waals surface area contributed by atoms with Crippen LogP contribution < -0.4 is 15.0 Å². The number of thioether (sulfide) groups is 1. The molecule has 0 fully saturated rings. The second kappa shape index (κ2) is 8.93. The van der Waals surface area contributed by atoms with Crippen molar-refractivity contribution in [1.29, 1.82) is 0 Å². The van der Waals surface area contributed by atoms with Crippen LogP contribution in [-0.2, 0) is 14.4 Å². The molecule has 8 heteroatoms. The highest BCUT2D eigenvalue weighted by atomic mass is 32.2. The Morgan fingerprint density at radius 3 is 2.28 bits per heavy atom. The number of hydrogen-bond donors (Lipinski definition) is 2. The summed E-state index contributed by atoms with van der Waals surface area (Å²) in [4.78, 5) is 38.8. The molecular formula is C21H20N2O5S. The fourth-order valence-corrected chi connectivity index (χ4v) is 3.79. The third-order valence-corrected chi connectivity index (χ3v) is 5.26. The molecule has 0 unspecified atom stereocenters. The predicted octanol–water partition coefficient (Wildman–Crippen LogP) is 2.66. The molecule has 1 aliphatic rings. The van der Waals surface area contributed by atoms with Crippen LogP contribution in [0.2, 0.25) is 0 Å². The number of imide groups is 1. The molecular weight excluding hydrogens is 392 g/mol. The number of aliphatic hydroxyl groups is 1. The van der Waals surface area contributed by atoms with E-state index >= 15 is 0 Å². The molecule has 0 aliphatic carbocycles. The minimum atomic E-state index is -0.438. The van der Waals surface area contributed by atoms with Crippen LogP contribution in [0.5, 0.6) is 5.75 Å². The standard InChI is InChI=1S/C21H20N2O5S/c1-13(25)22-15-5-7-16(8-6-15)23-20(26)18(19(21(23)27)29-12-11-24)14-3-9-17(28-2)10-4-14/h3-10,24H,11-12H2,1-2H3,(H,22,25). The van der Waals surface area contributed by atoms with Gasteiger partial charge in [-0.2, -0.15) is 0 Å². The van der Waals surface area contributed by atoms with Crippen LogP contribution in [0.25, 0.3) is 5.57 Å². The number of benzene rings is 2. The Hall–Kier alpha value is -3.10. The Kier molecular flexibility index (Phi) is 6.36. The van der Waals surface area contributed by atoms with Crippen LogP contribution in [0, 0.1) is 0 Å². The summed E-state index contributed by atoms with van der Waals surface area (Å²) in [6.07, 6.45) is 0. The number of anilines is 2. The van der Waals surface area contributed by atoms with Gasteiger partial charge in [-0.15, -0.1) is 11.8 Å². The van der Waals surface area contributed by atoms with E-state index in [1.807, 2.05) is 0 Å². The second-order valence-corrected chi connectivity index (χ2v) is 7.28. The summed E-state index contributed by atoms with van der Waals surface area (Å²) < 4.78 is 5.15. The average molecular weight is 412 g/mol. The van der Waals surface area contributed by atoms with Crippen molar-refractivity contribution in [2.45, 2.75) is 6.92 Å². The number of nitrogens with zero attached hydrogens (tertiary/aromatic N) is 1. The maximum atomic E-state index is 13.2. The Morgan fingerprint density at radius 2 is 1.72 bits per heavy atom. The highest BCUT2D eigenvalue weighted by Crippen LogP contribution is 2.38. The van der Waals surface area contributed by atoms with E-state index in [0.717, 1.165) is 16.7 Å². The van der Waals surface area contributed by atoms with Crippen molar-refractivity contribution in [3.05, 3.63) is 59.0 Å². The summed E-state index contributed by atoms with van der Waals surface area (Å²) in [5.74, 6) is -0.152. The molecule has 0 radical (unpaired) electrons. The molecule has 29 heavy (non-hydrogen) atoms. The van der Waals surface area contributed by atoms with E-state index in [-0.39, 0.29) is 12.5 Å². The lowest BCUT2D eigenvalue weighted by Crippen LogP contribution is -2.31. The number of ether oxygens (including phenoxy) is 1. The molecule has 0 spiro atoms. The maximum absolute atomic E-state index is 13.2. The van der Waals surface area contributed by atoms with E-state index in [2.05, 4.69) is 5.32 Å². The third-order valence-electron chi connectivity index (χ3n) is 4.20. The molecule has 2 N–H and O–H groups in total. The van der Waals surface area contributed by atoms with Gasteiger partial charge in [0.2, 0.25) is 5.91 Å². The van der Waals surface area contributed by atoms with E-state index < -0.39 is 11.8 Å². The Labute approximate surface area is 172 Å². The molecule has 150 valence electrons. The zero-order valence-electron chi connectivity index (χ0n) is 16.0. The highest BCUT2D eigenvalue weighted by Gasteiger charge is 2.40. The number of carbonyl (C=O) groups is 3. The Morgan fingerprint density at radius 1 is 1.07 bits per heavy atom. The lowest BCUT2D eigenvalue weighted by atomic mass is 10.1. The largest absolute Gasteiger partial charge is 0.497 e. The SMILES string of the molecule is COc1ccc(C2=C(SCCO)C(=O)N(c3ccc(NC(C)=O)cc3)C2=O)cc1. The minimum Gasteiger partial charge on any atom is -0.497 e. The topological polar surface area (TPSA) is 95.9 Å². The van der Waals surface area contributed by atoms with Gasteiger partial charge in [-0.1, -0.05) is 12.1 Å². The molecule has 0 atom stereocenters. The monoisotopic (exact) mass is 412 g/mol. The smallest absolute Gasteiger partial charge is 0.272 e. The first-order valence-electron chi connectivity index (χ1n) is 8.85. The zero-order chi connectivity index (χ0) is 21.0. The first-order chi connectivity index (χ1) is 14.0. The van der Waals surface area contributed by atoms with E-state index in [1.165, 1.54) is 6.92 Å². The molecule has 7 nitrogen and oxygen atoms in total. The van der Waals surface area contributed by atoms with Crippen molar-refractivity contribution in [3.63, 3.8) is 0 Å². The van der Waals surface area contributed by atoms with Gasteiger partial charge < -0.3 is 15.2 Å². The van der Waals surface area contributed by atoms with E-state index in [1.54, 1.807) is 55.6 Å². The summed E-state index contributed by atoms with van der Waals surface area (Å²) in [6.45, 7) is 1.29. The van der Waals surface area contributed by atoms with E-state index in [9.17, 15) is 19.5 Å². The van der Waals surface area contributed by atoms with Crippen molar-refractivity contribution in [2.75, 3.05) is 29.7 Å². The second-order valence-electron chi connectivity index (χ2n) is 6.18. The number of amides is 3. The van der Waals surface area contributed by atoms with Crippen molar-refractivity contribution in [1.82, 2.24) is 0 Å². The van der Waals surface area contributed by atoms with Gasteiger partial charge in [-0.3, -0.25) is 14.4 Å². The van der Waals surface area contributed by atoms with Gasteiger partial charge >= 0.3 is 0 Å². The van der Waals surface area contributed by atoms with Gasteiger partial charge in [0.1, 0.15) is 5.75 Å². The van der Waals surface area contributed by atoms with Crippen molar-refractivity contribution in [3.8, 4) is 5.75 Å². The molecule has 1 heterocycles. The zero-order valence-corrected chi connectivity index (χ0v) is 16.8. The normalized spacial score (nSPS) is 13.8. The molecule has 3 rings (SSSR count). The van der Waals surface area contributed by atoms with Gasteiger partial charge in [-0.05, 0) is 42.0 Å². The van der Waals surface area contributed by atoms with Crippen LogP contribution >= 0.6 is 11.8 Å². The van der Waals surface area contributed by atoms with Gasteiger partial charge in [-0.25, -0.2) is 4.90 Å². The summed E-state index contributed by atoms with van der Waals surface area (Å²) >= 11 is 1.15. The van der Waals surface area contributed by atoms with Crippen molar-refractivity contribution in [2.24, 2.45) is 0 Å². The molecule has 0 bridgehead atoms. The Bertz CT molecular complexity index is 968. The lowest BCUT2D eigenvalue weighted by Gasteiger charge is -2.16. The maximum Gasteiger partial charge on any atom is 0.272 e. The third kappa shape index (κ3) is 4.33. The van der Waals surface area contributed by atoms with E-state index in [4.69, 9.17) is 4.74 Å². The van der Waals surface area contributed by atoms with Crippen LogP contribution in [0.4, 0.5) is 11.4 Å². The van der Waals surface area contributed by atoms with Crippen molar-refractivity contribution < 1.29 is 24.2 Å². The van der Waals surface area contributed by atoms with Crippen LogP contribution in [-0.4, -0.2) is 42.3 Å². The summed E-state index contributed by atoms with van der Waals surface area (Å²) in [6, 6.07) is 13.4. The molecule has 3 amide bonds. The minimum absolute atomic E-state index is 0.114. The van der Waals surface area contributed by atoms with Crippen molar-refractivity contribution >= 4 is 46.4 Å². The highest BCUT2D eigenvalue weighted by molar-refractivity contribution is 8.04. The molecule has 0 saturated carbocycles. The average Bonchev–Trinajstić information content (AvgIpc) is 2.96. The van der Waals surface area contributed by atoms with Gasteiger partial charge in [0.25, 0.3) is 11.8 Å². The summed E-state index contributed by atoms with van der Waals surface area (Å²) in [5, 5.41) is 11.8. The van der Waals surface area contributed by atoms with Crippen LogP contribution in [0.3, 0.4) is 0 Å². The van der Waals surface area contributed by atoms with Crippen LogP contribution in [0.1, 0.15) is 12.5 Å². The molecule has 2 aromatic carbocycles. The summed E-state index contributed by atoms with van der Waals surface area (Å²) in [7, 11) is 1.55. The summed E-state index contributed by atoms with van der Waals surface area (Å²) in [5.41, 5.74) is 1.86. The number of aliphatic hydroxyl groups excluding tert-OH is 1. The Balaban J connectivity index is 1.97. The molecule has 0 saturated heterocycles. The fraction of sp³-hybridized carbons (Fsp3) is 0.190. The van der Waals surface area contributed by atoms with Gasteiger partial charge in [0.15, 0.2) is 0 Å². The van der Waals surface area contributed by atoms with E-state index in [0.29, 0.717) is 38.9 Å². The molecule has 1 aliphatic heterocycles. The van der Waals surface area contributed by atoms with Gasteiger partial charge in [0, 0.05) is 18.4 Å². The number of methoxy groups -OCH3 is 1. The fourth-order valence-electron chi connectivity index (χ4n) is 2.94.